The van der Waals surface area contributed by atoms with E-state index in [4.69, 9.17) is 4.98 Å². The molecule has 0 aliphatic carbocycles. The summed E-state index contributed by atoms with van der Waals surface area (Å²) in [5, 5.41) is 10.0. The highest BCUT2D eigenvalue weighted by Crippen LogP contribution is 2.33. The summed E-state index contributed by atoms with van der Waals surface area (Å²) in [5.41, 5.74) is 1.21. The number of fused-ring (bicyclic) bond motifs is 2. The molecule has 2 heterocycles. The summed E-state index contributed by atoms with van der Waals surface area (Å²) >= 11 is 0. The first-order valence-corrected chi connectivity index (χ1v) is 10.4. The minimum atomic E-state index is -1.00. The standard InChI is InChI=1S/C25H24FN3O3/c1-25(2,3)21-15-28(24(31)32)12-11-22-27-20-14-17(9-10-19(20)23(30)29(21)22)8-7-16-5-4-6-18(26)13-16/h4-6,9-10,13-14,21H,11-12,15H2,1-3H3,(H,31,32). The Labute approximate surface area is 185 Å². The third-order valence-electron chi connectivity index (χ3n) is 5.73. The van der Waals surface area contributed by atoms with Gasteiger partial charge in [0.2, 0.25) is 0 Å². The molecule has 1 atom stereocenters. The molecule has 1 aromatic heterocycles. The lowest BCUT2D eigenvalue weighted by Crippen LogP contribution is -2.41. The van der Waals surface area contributed by atoms with Crippen LogP contribution in [0.1, 0.15) is 43.8 Å². The molecule has 0 bridgehead atoms. The van der Waals surface area contributed by atoms with Crippen molar-refractivity contribution in [2.45, 2.75) is 33.2 Å². The lowest BCUT2D eigenvalue weighted by atomic mass is 9.86. The van der Waals surface area contributed by atoms with Gasteiger partial charge in [-0.1, -0.05) is 38.7 Å². The molecule has 6 nitrogen and oxygen atoms in total. The van der Waals surface area contributed by atoms with E-state index in [1.165, 1.54) is 17.0 Å². The van der Waals surface area contributed by atoms with Crippen molar-refractivity contribution in [3.05, 3.63) is 75.6 Å². The highest BCUT2D eigenvalue weighted by Gasteiger charge is 2.35. The van der Waals surface area contributed by atoms with Gasteiger partial charge in [-0.15, -0.1) is 0 Å². The van der Waals surface area contributed by atoms with E-state index >= 15 is 0 Å². The predicted octanol–water partition coefficient (Wildman–Crippen LogP) is 4.06. The number of benzene rings is 2. The topological polar surface area (TPSA) is 75.4 Å². The molecule has 1 aliphatic heterocycles. The smallest absolute Gasteiger partial charge is 0.407 e. The molecule has 3 aromatic rings. The SMILES string of the molecule is CC(C)(C)C1CN(C(=O)O)CCc2nc3cc(C#Cc4cccc(F)c4)ccc3c(=O)n21. The normalized spacial score (nSPS) is 16.1. The average molecular weight is 433 g/mol. The zero-order valence-corrected chi connectivity index (χ0v) is 18.2. The number of amides is 1. The summed E-state index contributed by atoms with van der Waals surface area (Å²) < 4.78 is 15.0. The van der Waals surface area contributed by atoms with Gasteiger partial charge >= 0.3 is 6.09 Å². The molecule has 2 aromatic carbocycles. The summed E-state index contributed by atoms with van der Waals surface area (Å²) in [6.07, 6.45) is -0.650. The number of halogens is 1. The lowest BCUT2D eigenvalue weighted by molar-refractivity contribution is 0.124. The molecule has 0 fully saturated rings. The van der Waals surface area contributed by atoms with Gasteiger partial charge < -0.3 is 10.0 Å². The summed E-state index contributed by atoms with van der Waals surface area (Å²) in [6, 6.07) is 10.9. The quantitative estimate of drug-likeness (QED) is 0.543. The van der Waals surface area contributed by atoms with Crippen LogP contribution < -0.4 is 5.56 Å². The second kappa shape index (κ2) is 8.12. The largest absolute Gasteiger partial charge is 0.465 e. The van der Waals surface area contributed by atoms with Crippen LogP contribution in [0.15, 0.2) is 47.3 Å². The molecule has 0 saturated carbocycles. The van der Waals surface area contributed by atoms with Gasteiger partial charge in [-0.3, -0.25) is 9.36 Å². The van der Waals surface area contributed by atoms with Crippen molar-refractivity contribution >= 4 is 17.0 Å². The monoisotopic (exact) mass is 433 g/mol. The van der Waals surface area contributed by atoms with Gasteiger partial charge in [0.15, 0.2) is 0 Å². The van der Waals surface area contributed by atoms with Crippen LogP contribution in [-0.4, -0.2) is 38.7 Å². The fourth-order valence-corrected chi connectivity index (χ4v) is 3.98. The van der Waals surface area contributed by atoms with E-state index in [0.29, 0.717) is 34.3 Å². The highest BCUT2D eigenvalue weighted by molar-refractivity contribution is 5.79. The van der Waals surface area contributed by atoms with Gasteiger partial charge in [0, 0.05) is 30.6 Å². The second-order valence-corrected chi connectivity index (χ2v) is 9.06. The minimum absolute atomic E-state index is 0.179. The Kier molecular flexibility index (Phi) is 5.47. The Hall–Kier alpha value is -3.66. The van der Waals surface area contributed by atoms with Crippen molar-refractivity contribution in [1.82, 2.24) is 14.5 Å². The molecule has 4 rings (SSSR count). The molecule has 7 heteroatoms. The number of aromatic nitrogens is 2. The van der Waals surface area contributed by atoms with Crippen molar-refractivity contribution in [2.75, 3.05) is 13.1 Å². The fraction of sp³-hybridized carbons (Fsp3) is 0.320. The van der Waals surface area contributed by atoms with E-state index in [1.807, 2.05) is 20.8 Å². The molecule has 164 valence electrons. The Balaban J connectivity index is 1.81. The van der Waals surface area contributed by atoms with Crippen LogP contribution >= 0.6 is 0 Å². The Morgan fingerprint density at radius 3 is 2.53 bits per heavy atom. The number of hydrogen-bond acceptors (Lipinski definition) is 3. The molecule has 0 radical (unpaired) electrons. The molecule has 1 unspecified atom stereocenters. The number of rotatable bonds is 0. The van der Waals surface area contributed by atoms with E-state index in [-0.39, 0.29) is 35.9 Å². The molecular formula is C25H24FN3O3. The van der Waals surface area contributed by atoms with E-state index in [9.17, 15) is 19.1 Å². The lowest BCUT2D eigenvalue weighted by Gasteiger charge is -2.34. The first-order valence-electron chi connectivity index (χ1n) is 10.4. The van der Waals surface area contributed by atoms with Gasteiger partial charge in [-0.05, 0) is 41.8 Å². The first-order chi connectivity index (χ1) is 15.1. The molecule has 0 saturated heterocycles. The van der Waals surface area contributed by atoms with E-state index in [2.05, 4.69) is 11.8 Å². The average Bonchev–Trinajstić information content (AvgIpc) is 2.92. The zero-order chi connectivity index (χ0) is 23.0. The van der Waals surface area contributed by atoms with E-state index in [1.54, 1.807) is 34.9 Å². The van der Waals surface area contributed by atoms with Gasteiger partial charge in [-0.2, -0.15) is 0 Å². The van der Waals surface area contributed by atoms with E-state index < -0.39 is 6.09 Å². The number of nitrogens with zero attached hydrogens (tertiary/aromatic N) is 3. The van der Waals surface area contributed by atoms with Crippen LogP contribution in [0.25, 0.3) is 10.9 Å². The molecule has 1 N–H and O–H groups in total. The molecule has 1 aliphatic rings. The third kappa shape index (κ3) is 4.22. The summed E-state index contributed by atoms with van der Waals surface area (Å²) in [7, 11) is 0. The summed E-state index contributed by atoms with van der Waals surface area (Å²) in [6.45, 7) is 6.49. The van der Waals surface area contributed by atoms with E-state index in [0.717, 1.165) is 0 Å². The van der Waals surface area contributed by atoms with Gasteiger partial charge in [0.05, 0.1) is 16.9 Å². The predicted molar refractivity (Wildman–Crippen MR) is 120 cm³/mol. The van der Waals surface area contributed by atoms with Gasteiger partial charge in [-0.25, -0.2) is 14.2 Å². The van der Waals surface area contributed by atoms with Gasteiger partial charge in [0.1, 0.15) is 11.6 Å². The molecule has 32 heavy (non-hydrogen) atoms. The maximum atomic E-state index is 13.5. The van der Waals surface area contributed by atoms with Crippen molar-refractivity contribution in [3.8, 4) is 11.8 Å². The Morgan fingerprint density at radius 1 is 1.16 bits per heavy atom. The van der Waals surface area contributed by atoms with Crippen molar-refractivity contribution < 1.29 is 14.3 Å². The number of carboxylic acid groups (broad SMARTS) is 1. The maximum Gasteiger partial charge on any atom is 0.407 e. The highest BCUT2D eigenvalue weighted by atomic mass is 19.1. The van der Waals surface area contributed by atoms with Crippen molar-refractivity contribution in [3.63, 3.8) is 0 Å². The second-order valence-electron chi connectivity index (χ2n) is 9.06. The zero-order valence-electron chi connectivity index (χ0n) is 18.2. The maximum absolute atomic E-state index is 13.5. The minimum Gasteiger partial charge on any atom is -0.465 e. The van der Waals surface area contributed by atoms with Crippen LogP contribution in [0.2, 0.25) is 0 Å². The number of hydrogen-bond donors (Lipinski definition) is 1. The van der Waals surface area contributed by atoms with Crippen molar-refractivity contribution in [1.29, 1.82) is 0 Å². The van der Waals surface area contributed by atoms with Crippen molar-refractivity contribution in [2.24, 2.45) is 5.41 Å². The van der Waals surface area contributed by atoms with Crippen LogP contribution in [0.3, 0.4) is 0 Å². The van der Waals surface area contributed by atoms with Crippen LogP contribution in [0.4, 0.5) is 9.18 Å². The number of carbonyl (C=O) groups is 1. The molecular weight excluding hydrogens is 409 g/mol. The van der Waals surface area contributed by atoms with Crippen LogP contribution in [0, 0.1) is 23.1 Å². The Morgan fingerprint density at radius 2 is 1.88 bits per heavy atom. The third-order valence-corrected chi connectivity index (χ3v) is 5.73. The molecule has 0 spiro atoms. The fourth-order valence-electron chi connectivity index (χ4n) is 3.98. The summed E-state index contributed by atoms with van der Waals surface area (Å²) in [5.74, 6) is 6.14. The van der Waals surface area contributed by atoms with Gasteiger partial charge in [0.25, 0.3) is 5.56 Å². The van der Waals surface area contributed by atoms with Crippen LogP contribution in [-0.2, 0) is 6.42 Å². The molecule has 1 amide bonds. The Bertz CT molecular complexity index is 1330. The summed E-state index contributed by atoms with van der Waals surface area (Å²) in [4.78, 5) is 31.2. The van der Waals surface area contributed by atoms with Crippen LogP contribution in [0.5, 0.6) is 0 Å². The first kappa shape index (κ1) is 21.6.